The topological polar surface area (TPSA) is 63.7 Å². The number of hydrogen-bond acceptors (Lipinski definition) is 5. The second kappa shape index (κ2) is 8.38. The Bertz CT molecular complexity index is 792. The van der Waals surface area contributed by atoms with E-state index in [0.717, 1.165) is 24.5 Å². The summed E-state index contributed by atoms with van der Waals surface area (Å²) in [6.45, 7) is 7.00. The highest BCUT2D eigenvalue weighted by Crippen LogP contribution is 2.31. The number of nitrogens with one attached hydrogen (secondary N) is 1. The summed E-state index contributed by atoms with van der Waals surface area (Å²) < 4.78 is 10.9. The molecule has 26 heavy (non-hydrogen) atoms. The molecule has 1 saturated heterocycles. The van der Waals surface area contributed by atoms with Gasteiger partial charge >= 0.3 is 0 Å². The van der Waals surface area contributed by atoms with Gasteiger partial charge in [0, 0.05) is 23.8 Å². The minimum atomic E-state index is -0.280. The molecule has 0 saturated carbocycles. The number of aromatic nitrogens is 1. The van der Waals surface area contributed by atoms with Gasteiger partial charge in [0.2, 0.25) is 5.88 Å². The van der Waals surface area contributed by atoms with E-state index in [1.54, 1.807) is 18.2 Å². The molecule has 0 atom stereocenters. The lowest BCUT2D eigenvalue weighted by atomic mass is 10.2. The van der Waals surface area contributed by atoms with Crippen molar-refractivity contribution in [3.05, 3.63) is 46.6 Å². The molecule has 0 unspecified atom stereocenters. The first-order chi connectivity index (χ1) is 12.6. The summed E-state index contributed by atoms with van der Waals surface area (Å²) in [6.07, 6.45) is 0. The second-order valence-corrected chi connectivity index (χ2v) is 6.39. The number of aryl methyl sites for hydroxylation is 1. The third kappa shape index (κ3) is 4.26. The van der Waals surface area contributed by atoms with E-state index < -0.39 is 0 Å². The molecule has 7 heteroatoms. The lowest BCUT2D eigenvalue weighted by Gasteiger charge is -2.30. The molecule has 1 aliphatic heterocycles. The highest BCUT2D eigenvalue weighted by atomic mass is 35.5. The molecule has 0 spiro atoms. The number of pyridine rings is 1. The van der Waals surface area contributed by atoms with Crippen molar-refractivity contribution < 1.29 is 14.3 Å². The van der Waals surface area contributed by atoms with Gasteiger partial charge in [0.25, 0.3) is 5.91 Å². The summed E-state index contributed by atoms with van der Waals surface area (Å²) in [7, 11) is 0. The van der Waals surface area contributed by atoms with Gasteiger partial charge in [0.15, 0.2) is 0 Å². The van der Waals surface area contributed by atoms with E-state index in [-0.39, 0.29) is 5.91 Å². The fourth-order valence-corrected chi connectivity index (χ4v) is 3.00. The lowest BCUT2D eigenvalue weighted by molar-refractivity contribution is 0.102. The smallest absolute Gasteiger partial charge is 0.261 e. The predicted molar refractivity (Wildman–Crippen MR) is 103 cm³/mol. The minimum Gasteiger partial charge on any atom is -0.477 e. The first-order valence-corrected chi connectivity index (χ1v) is 9.00. The fourth-order valence-electron chi connectivity index (χ4n) is 2.83. The SMILES string of the molecule is CCOc1nc(C)ccc1C(=O)Nc1cc(Cl)ccc1N1CCOCC1. The molecule has 1 N–H and O–H groups in total. The average Bonchev–Trinajstić information content (AvgIpc) is 2.63. The van der Waals surface area contributed by atoms with Crippen molar-refractivity contribution in [3.8, 4) is 5.88 Å². The molecule has 3 rings (SSSR count). The van der Waals surface area contributed by atoms with Crippen LogP contribution in [0, 0.1) is 6.92 Å². The predicted octanol–water partition coefficient (Wildman–Crippen LogP) is 3.53. The molecule has 1 aromatic carbocycles. The number of ether oxygens (including phenoxy) is 2. The van der Waals surface area contributed by atoms with Crippen molar-refractivity contribution in [3.63, 3.8) is 0 Å². The summed E-state index contributed by atoms with van der Waals surface area (Å²) in [5.74, 6) is 0.0534. The average molecular weight is 376 g/mol. The summed E-state index contributed by atoms with van der Waals surface area (Å²) in [5, 5.41) is 3.52. The Hall–Kier alpha value is -2.31. The second-order valence-electron chi connectivity index (χ2n) is 5.95. The van der Waals surface area contributed by atoms with Crippen LogP contribution in [0.2, 0.25) is 5.02 Å². The third-order valence-electron chi connectivity index (χ3n) is 4.08. The first kappa shape index (κ1) is 18.5. The fraction of sp³-hybridized carbons (Fsp3) is 0.368. The molecular formula is C19H22ClN3O3. The normalized spacial score (nSPS) is 14.2. The molecular weight excluding hydrogens is 354 g/mol. The van der Waals surface area contributed by atoms with Crippen LogP contribution in [0.3, 0.4) is 0 Å². The van der Waals surface area contributed by atoms with Crippen molar-refractivity contribution in [1.29, 1.82) is 0 Å². The molecule has 0 bridgehead atoms. The van der Waals surface area contributed by atoms with Crippen molar-refractivity contribution in [2.75, 3.05) is 43.1 Å². The number of hydrogen-bond donors (Lipinski definition) is 1. The molecule has 138 valence electrons. The van der Waals surface area contributed by atoms with E-state index in [1.165, 1.54) is 0 Å². The number of morpholine rings is 1. The Morgan fingerprint density at radius 3 is 2.81 bits per heavy atom. The summed E-state index contributed by atoms with van der Waals surface area (Å²) in [4.78, 5) is 19.3. The highest BCUT2D eigenvalue weighted by molar-refractivity contribution is 6.31. The molecule has 0 radical (unpaired) electrons. The number of carbonyl (C=O) groups is 1. The van der Waals surface area contributed by atoms with Crippen LogP contribution >= 0.6 is 11.6 Å². The van der Waals surface area contributed by atoms with Gasteiger partial charge in [-0.2, -0.15) is 0 Å². The van der Waals surface area contributed by atoms with E-state index in [0.29, 0.717) is 42.0 Å². The number of nitrogens with zero attached hydrogens (tertiary/aromatic N) is 2. The number of anilines is 2. The van der Waals surface area contributed by atoms with Gasteiger partial charge in [-0.25, -0.2) is 4.98 Å². The quantitative estimate of drug-likeness (QED) is 0.866. The van der Waals surface area contributed by atoms with Crippen molar-refractivity contribution in [1.82, 2.24) is 4.98 Å². The molecule has 2 heterocycles. The third-order valence-corrected chi connectivity index (χ3v) is 4.32. The zero-order valence-corrected chi connectivity index (χ0v) is 15.7. The van der Waals surface area contributed by atoms with E-state index >= 15 is 0 Å². The summed E-state index contributed by atoms with van der Waals surface area (Å²) in [6, 6.07) is 9.01. The molecule has 1 aliphatic rings. The van der Waals surface area contributed by atoms with Crippen LogP contribution in [0.1, 0.15) is 23.0 Å². The molecule has 1 fully saturated rings. The van der Waals surface area contributed by atoms with Gasteiger partial charge in [-0.05, 0) is 44.2 Å². The molecule has 0 aliphatic carbocycles. The largest absolute Gasteiger partial charge is 0.477 e. The highest BCUT2D eigenvalue weighted by Gasteiger charge is 2.19. The van der Waals surface area contributed by atoms with Crippen LogP contribution < -0.4 is 15.0 Å². The van der Waals surface area contributed by atoms with Crippen LogP contribution in [-0.2, 0) is 4.74 Å². The van der Waals surface area contributed by atoms with Gasteiger partial charge in [-0.15, -0.1) is 0 Å². The van der Waals surface area contributed by atoms with E-state index in [4.69, 9.17) is 21.1 Å². The Kier molecular flexibility index (Phi) is 5.96. The monoisotopic (exact) mass is 375 g/mol. The van der Waals surface area contributed by atoms with Crippen molar-refractivity contribution in [2.24, 2.45) is 0 Å². The van der Waals surface area contributed by atoms with Gasteiger partial charge < -0.3 is 19.7 Å². The summed E-state index contributed by atoms with van der Waals surface area (Å²) in [5.41, 5.74) is 2.77. The van der Waals surface area contributed by atoms with E-state index in [9.17, 15) is 4.79 Å². The summed E-state index contributed by atoms with van der Waals surface area (Å²) >= 11 is 6.16. The number of rotatable bonds is 5. The van der Waals surface area contributed by atoms with Gasteiger partial charge in [0.05, 0.1) is 31.2 Å². The first-order valence-electron chi connectivity index (χ1n) is 8.62. The van der Waals surface area contributed by atoms with Gasteiger partial charge in [-0.3, -0.25) is 4.79 Å². The molecule has 1 aromatic heterocycles. The number of benzene rings is 1. The number of halogens is 1. The van der Waals surface area contributed by atoms with E-state index in [2.05, 4.69) is 15.2 Å². The van der Waals surface area contributed by atoms with Gasteiger partial charge in [-0.1, -0.05) is 11.6 Å². The molecule has 1 amide bonds. The number of carbonyl (C=O) groups excluding carboxylic acids is 1. The Balaban J connectivity index is 1.88. The standard InChI is InChI=1S/C19H22ClN3O3/c1-3-26-19-15(6-4-13(2)21-19)18(24)22-16-12-14(20)5-7-17(16)23-8-10-25-11-9-23/h4-7,12H,3,8-11H2,1-2H3,(H,22,24). The van der Waals surface area contributed by atoms with Gasteiger partial charge in [0.1, 0.15) is 5.56 Å². The van der Waals surface area contributed by atoms with E-state index in [1.807, 2.05) is 26.0 Å². The van der Waals surface area contributed by atoms with Crippen molar-refractivity contribution >= 4 is 28.9 Å². The Morgan fingerprint density at radius 2 is 2.08 bits per heavy atom. The maximum atomic E-state index is 12.8. The zero-order chi connectivity index (χ0) is 18.5. The number of amides is 1. The Labute approximate surface area is 158 Å². The Morgan fingerprint density at radius 1 is 1.31 bits per heavy atom. The van der Waals surface area contributed by atoms with Crippen LogP contribution in [0.4, 0.5) is 11.4 Å². The van der Waals surface area contributed by atoms with Crippen LogP contribution in [0.5, 0.6) is 5.88 Å². The van der Waals surface area contributed by atoms with Crippen LogP contribution in [0.15, 0.2) is 30.3 Å². The van der Waals surface area contributed by atoms with Crippen molar-refractivity contribution in [2.45, 2.75) is 13.8 Å². The maximum absolute atomic E-state index is 12.8. The molecule has 2 aromatic rings. The minimum absolute atomic E-state index is 0.280. The maximum Gasteiger partial charge on any atom is 0.261 e. The van der Waals surface area contributed by atoms with Crippen LogP contribution in [-0.4, -0.2) is 43.8 Å². The zero-order valence-electron chi connectivity index (χ0n) is 14.9. The molecule has 6 nitrogen and oxygen atoms in total. The lowest BCUT2D eigenvalue weighted by Crippen LogP contribution is -2.36. The van der Waals surface area contributed by atoms with Crippen LogP contribution in [0.25, 0.3) is 0 Å².